The van der Waals surface area contributed by atoms with Gasteiger partial charge in [-0.25, -0.2) is 0 Å². The average Bonchev–Trinajstić information content (AvgIpc) is 3.02. The number of hydrogen-bond donors (Lipinski definition) is 0. The van der Waals surface area contributed by atoms with Gasteiger partial charge in [0, 0.05) is 19.0 Å². The van der Waals surface area contributed by atoms with Crippen LogP contribution in [0.5, 0.6) is 0 Å². The third-order valence-electron chi connectivity index (χ3n) is 5.06. The van der Waals surface area contributed by atoms with E-state index >= 15 is 0 Å². The molecule has 1 aliphatic carbocycles. The number of rotatable bonds is 2. The van der Waals surface area contributed by atoms with Crippen molar-refractivity contribution in [2.75, 3.05) is 13.1 Å². The molecular weight excluding hydrogens is 246 g/mol. The molecule has 20 heavy (non-hydrogen) atoms. The van der Waals surface area contributed by atoms with Crippen LogP contribution in [0.15, 0.2) is 24.3 Å². The smallest absolute Gasteiger partial charge is 0.225 e. The first-order chi connectivity index (χ1) is 9.74. The number of benzene rings is 1. The Morgan fingerprint density at radius 3 is 2.20 bits per heavy atom. The second-order valence-electron chi connectivity index (χ2n) is 6.49. The van der Waals surface area contributed by atoms with Crippen LogP contribution in [0.3, 0.4) is 0 Å². The molecule has 2 nitrogen and oxygen atoms in total. The van der Waals surface area contributed by atoms with Crippen molar-refractivity contribution in [2.45, 2.75) is 51.4 Å². The number of amides is 1. The van der Waals surface area contributed by atoms with Crippen molar-refractivity contribution >= 4 is 5.91 Å². The fourth-order valence-electron chi connectivity index (χ4n) is 3.70. The fourth-order valence-corrected chi connectivity index (χ4v) is 3.70. The Hall–Kier alpha value is -1.31. The van der Waals surface area contributed by atoms with Gasteiger partial charge in [-0.1, -0.05) is 42.7 Å². The molecule has 1 saturated carbocycles. The van der Waals surface area contributed by atoms with Gasteiger partial charge in [0.1, 0.15) is 0 Å². The lowest BCUT2D eigenvalue weighted by Gasteiger charge is -2.33. The predicted octanol–water partition coefficient (Wildman–Crippen LogP) is 3.89. The molecule has 1 amide bonds. The summed E-state index contributed by atoms with van der Waals surface area (Å²) in [6.07, 6.45) is 6.99. The van der Waals surface area contributed by atoms with Crippen molar-refractivity contribution in [2.24, 2.45) is 5.92 Å². The second-order valence-corrected chi connectivity index (χ2v) is 6.49. The van der Waals surface area contributed by atoms with Gasteiger partial charge in [-0.3, -0.25) is 4.79 Å². The van der Waals surface area contributed by atoms with E-state index < -0.39 is 0 Å². The van der Waals surface area contributed by atoms with Gasteiger partial charge >= 0.3 is 0 Å². The van der Waals surface area contributed by atoms with Crippen LogP contribution < -0.4 is 0 Å². The SMILES string of the molecule is Cc1ccc(C2CCN(C(=O)C3CCCC3)CC2)cc1. The van der Waals surface area contributed by atoms with Gasteiger partial charge in [-0.15, -0.1) is 0 Å². The molecule has 0 atom stereocenters. The van der Waals surface area contributed by atoms with Gasteiger partial charge in [-0.2, -0.15) is 0 Å². The molecular formula is C18H25NO. The standard InChI is InChI=1S/C18H25NO/c1-14-6-8-15(9-7-14)16-10-12-19(13-11-16)18(20)17-4-2-3-5-17/h6-9,16-17H,2-5,10-13H2,1H3. The maximum atomic E-state index is 12.4. The van der Waals surface area contributed by atoms with E-state index in [1.807, 2.05) is 0 Å². The number of nitrogens with zero attached hydrogens (tertiary/aromatic N) is 1. The molecule has 2 fully saturated rings. The molecule has 0 unspecified atom stereocenters. The minimum Gasteiger partial charge on any atom is -0.342 e. The first-order valence-electron chi connectivity index (χ1n) is 8.09. The Morgan fingerprint density at radius 1 is 1.00 bits per heavy atom. The molecule has 2 aliphatic rings. The highest BCUT2D eigenvalue weighted by molar-refractivity contribution is 5.79. The first kappa shape index (κ1) is 13.7. The van der Waals surface area contributed by atoms with Gasteiger partial charge in [0.15, 0.2) is 0 Å². The van der Waals surface area contributed by atoms with Crippen molar-refractivity contribution in [3.8, 4) is 0 Å². The quantitative estimate of drug-likeness (QED) is 0.799. The molecule has 0 N–H and O–H groups in total. The highest BCUT2D eigenvalue weighted by Gasteiger charge is 2.30. The van der Waals surface area contributed by atoms with E-state index in [2.05, 4.69) is 36.1 Å². The van der Waals surface area contributed by atoms with E-state index in [1.165, 1.54) is 24.0 Å². The number of carbonyl (C=O) groups is 1. The van der Waals surface area contributed by atoms with Crippen LogP contribution in [0.1, 0.15) is 55.6 Å². The van der Waals surface area contributed by atoms with E-state index in [9.17, 15) is 4.79 Å². The van der Waals surface area contributed by atoms with Crippen molar-refractivity contribution in [1.29, 1.82) is 0 Å². The summed E-state index contributed by atoms with van der Waals surface area (Å²) in [5, 5.41) is 0. The first-order valence-corrected chi connectivity index (χ1v) is 8.09. The Balaban J connectivity index is 1.56. The third kappa shape index (κ3) is 2.89. The van der Waals surface area contributed by atoms with Crippen LogP contribution in [0.2, 0.25) is 0 Å². The summed E-state index contributed by atoms with van der Waals surface area (Å²) in [6.45, 7) is 4.04. The Labute approximate surface area is 122 Å². The van der Waals surface area contributed by atoms with Crippen molar-refractivity contribution in [1.82, 2.24) is 4.90 Å². The number of aryl methyl sites for hydroxylation is 1. The molecule has 0 spiro atoms. The summed E-state index contributed by atoms with van der Waals surface area (Å²) in [6, 6.07) is 8.92. The zero-order valence-electron chi connectivity index (χ0n) is 12.5. The number of hydrogen-bond acceptors (Lipinski definition) is 1. The molecule has 0 bridgehead atoms. The molecule has 1 aromatic rings. The number of likely N-dealkylation sites (tertiary alicyclic amines) is 1. The normalized spacial score (nSPS) is 21.4. The lowest BCUT2D eigenvalue weighted by atomic mass is 9.88. The Morgan fingerprint density at radius 2 is 1.60 bits per heavy atom. The zero-order chi connectivity index (χ0) is 13.9. The summed E-state index contributed by atoms with van der Waals surface area (Å²) >= 11 is 0. The van der Waals surface area contributed by atoms with Gasteiger partial charge in [0.25, 0.3) is 0 Å². The molecule has 1 aromatic carbocycles. The van der Waals surface area contributed by atoms with E-state index in [0.717, 1.165) is 38.8 Å². The second kappa shape index (κ2) is 5.99. The van der Waals surface area contributed by atoms with Crippen LogP contribution in [-0.4, -0.2) is 23.9 Å². The summed E-state index contributed by atoms with van der Waals surface area (Å²) in [7, 11) is 0. The largest absolute Gasteiger partial charge is 0.342 e. The van der Waals surface area contributed by atoms with E-state index in [1.54, 1.807) is 0 Å². The third-order valence-corrected chi connectivity index (χ3v) is 5.06. The summed E-state index contributed by atoms with van der Waals surface area (Å²) in [4.78, 5) is 14.5. The average molecular weight is 271 g/mol. The van der Waals surface area contributed by atoms with Crippen LogP contribution >= 0.6 is 0 Å². The molecule has 0 radical (unpaired) electrons. The van der Waals surface area contributed by atoms with Gasteiger partial charge in [0.05, 0.1) is 0 Å². The molecule has 3 rings (SSSR count). The molecule has 2 heteroatoms. The minimum absolute atomic E-state index is 0.339. The van der Waals surface area contributed by atoms with Crippen molar-refractivity contribution in [3.05, 3.63) is 35.4 Å². The van der Waals surface area contributed by atoms with E-state index in [-0.39, 0.29) is 0 Å². The fraction of sp³-hybridized carbons (Fsp3) is 0.611. The van der Waals surface area contributed by atoms with Crippen LogP contribution in [0.4, 0.5) is 0 Å². The lowest BCUT2D eigenvalue weighted by molar-refractivity contribution is -0.136. The zero-order valence-corrected chi connectivity index (χ0v) is 12.5. The monoisotopic (exact) mass is 271 g/mol. The predicted molar refractivity (Wildman–Crippen MR) is 81.7 cm³/mol. The summed E-state index contributed by atoms with van der Waals surface area (Å²) in [5.74, 6) is 1.42. The molecule has 1 saturated heterocycles. The number of carbonyl (C=O) groups excluding carboxylic acids is 1. The summed E-state index contributed by atoms with van der Waals surface area (Å²) < 4.78 is 0. The van der Waals surface area contributed by atoms with Crippen molar-refractivity contribution < 1.29 is 4.79 Å². The van der Waals surface area contributed by atoms with Crippen molar-refractivity contribution in [3.63, 3.8) is 0 Å². The maximum absolute atomic E-state index is 12.4. The molecule has 108 valence electrons. The van der Waals surface area contributed by atoms with Gasteiger partial charge < -0.3 is 4.90 Å². The Kier molecular flexibility index (Phi) is 4.09. The molecule has 1 aliphatic heterocycles. The van der Waals surface area contributed by atoms with E-state index in [0.29, 0.717) is 17.7 Å². The highest BCUT2D eigenvalue weighted by atomic mass is 16.2. The molecule has 1 heterocycles. The summed E-state index contributed by atoms with van der Waals surface area (Å²) in [5.41, 5.74) is 2.77. The topological polar surface area (TPSA) is 20.3 Å². The van der Waals surface area contributed by atoms with Crippen LogP contribution in [-0.2, 0) is 4.79 Å². The lowest BCUT2D eigenvalue weighted by Crippen LogP contribution is -2.40. The highest BCUT2D eigenvalue weighted by Crippen LogP contribution is 2.31. The minimum atomic E-state index is 0.339. The van der Waals surface area contributed by atoms with E-state index in [4.69, 9.17) is 0 Å². The number of piperidine rings is 1. The van der Waals surface area contributed by atoms with Crippen LogP contribution in [0, 0.1) is 12.8 Å². The maximum Gasteiger partial charge on any atom is 0.225 e. The van der Waals surface area contributed by atoms with Gasteiger partial charge in [0.2, 0.25) is 5.91 Å². The Bertz CT molecular complexity index is 451. The van der Waals surface area contributed by atoms with Crippen LogP contribution in [0.25, 0.3) is 0 Å². The van der Waals surface area contributed by atoms with Gasteiger partial charge in [-0.05, 0) is 44.1 Å². The molecule has 0 aromatic heterocycles.